The molecule has 7 nitrogen and oxygen atoms in total. The van der Waals surface area contributed by atoms with Gasteiger partial charge in [-0.1, -0.05) is 0 Å². The Bertz CT molecular complexity index is 681. The van der Waals surface area contributed by atoms with E-state index in [1.165, 1.54) is 0 Å². The first-order valence-corrected chi connectivity index (χ1v) is 8.73. The summed E-state index contributed by atoms with van der Waals surface area (Å²) < 4.78 is 11.9. The molecule has 0 radical (unpaired) electrons. The molecule has 124 valence electrons. The van der Waals surface area contributed by atoms with Crippen LogP contribution < -0.4 is 9.80 Å². The van der Waals surface area contributed by atoms with Crippen molar-refractivity contribution >= 4 is 33.3 Å². The molecule has 1 N–H and O–H groups in total. The van der Waals surface area contributed by atoms with Gasteiger partial charge in [-0.15, -0.1) is 11.3 Å². The second kappa shape index (κ2) is 6.56. The van der Waals surface area contributed by atoms with E-state index < -0.39 is 0 Å². The summed E-state index contributed by atoms with van der Waals surface area (Å²) >= 11 is 1.57. The monoisotopic (exact) mass is 336 g/mol. The molecule has 0 bridgehead atoms. The molecule has 2 aromatic heterocycles. The van der Waals surface area contributed by atoms with Crippen molar-refractivity contribution in [1.29, 1.82) is 0 Å². The molecular weight excluding hydrogens is 316 g/mol. The summed E-state index contributed by atoms with van der Waals surface area (Å²) in [4.78, 5) is 14.9. The van der Waals surface area contributed by atoms with Crippen molar-refractivity contribution in [1.82, 2.24) is 9.97 Å². The second-order valence-electron chi connectivity index (χ2n) is 5.63. The Morgan fingerprint density at radius 2 is 1.65 bits per heavy atom. The van der Waals surface area contributed by atoms with Crippen molar-refractivity contribution in [2.45, 2.75) is 6.61 Å². The number of ether oxygens (including phenoxy) is 2. The molecule has 0 aliphatic carbocycles. The highest BCUT2D eigenvalue weighted by Gasteiger charge is 2.22. The maximum atomic E-state index is 9.46. The van der Waals surface area contributed by atoms with Crippen molar-refractivity contribution in [3.63, 3.8) is 0 Å². The van der Waals surface area contributed by atoms with E-state index in [0.29, 0.717) is 13.2 Å². The van der Waals surface area contributed by atoms with Gasteiger partial charge in [0.25, 0.3) is 0 Å². The summed E-state index contributed by atoms with van der Waals surface area (Å²) in [7, 11) is 0. The molecule has 8 heteroatoms. The van der Waals surface area contributed by atoms with Gasteiger partial charge in [0.15, 0.2) is 5.82 Å². The molecule has 23 heavy (non-hydrogen) atoms. The van der Waals surface area contributed by atoms with Gasteiger partial charge in [0.2, 0.25) is 5.95 Å². The predicted octanol–water partition coefficient (Wildman–Crippen LogP) is 0.857. The quantitative estimate of drug-likeness (QED) is 0.891. The maximum absolute atomic E-state index is 9.46. The number of aliphatic hydroxyl groups excluding tert-OH is 1. The van der Waals surface area contributed by atoms with Gasteiger partial charge in [-0.3, -0.25) is 0 Å². The number of hydrogen-bond acceptors (Lipinski definition) is 8. The fraction of sp³-hybridized carbons (Fsp3) is 0.600. The third-order valence-electron chi connectivity index (χ3n) is 4.15. The van der Waals surface area contributed by atoms with Crippen molar-refractivity contribution in [2.24, 2.45) is 0 Å². The molecule has 0 spiro atoms. The van der Waals surface area contributed by atoms with Crippen LogP contribution >= 0.6 is 11.3 Å². The molecule has 2 aromatic rings. The standard InChI is InChI=1S/C15H20N4O3S/c20-10-11-9-12-13(23-11)14(18-1-5-21-6-2-18)17-15(16-12)19-3-7-22-8-4-19/h9,20H,1-8,10H2. The average molecular weight is 336 g/mol. The maximum Gasteiger partial charge on any atom is 0.228 e. The molecule has 0 atom stereocenters. The molecule has 0 amide bonds. The Hall–Kier alpha value is -1.48. The van der Waals surface area contributed by atoms with Crippen LogP contribution in [0.1, 0.15) is 4.88 Å². The van der Waals surface area contributed by atoms with Gasteiger partial charge in [-0.25, -0.2) is 4.98 Å². The lowest BCUT2D eigenvalue weighted by Gasteiger charge is -2.30. The Morgan fingerprint density at radius 1 is 1.00 bits per heavy atom. The van der Waals surface area contributed by atoms with E-state index in [2.05, 4.69) is 9.80 Å². The highest BCUT2D eigenvalue weighted by atomic mass is 32.1. The van der Waals surface area contributed by atoms with Gasteiger partial charge in [-0.2, -0.15) is 4.98 Å². The van der Waals surface area contributed by atoms with Gasteiger partial charge in [-0.05, 0) is 6.07 Å². The fourth-order valence-corrected chi connectivity index (χ4v) is 3.90. The van der Waals surface area contributed by atoms with Crippen LogP contribution in [0, 0.1) is 0 Å². The number of anilines is 2. The summed E-state index contributed by atoms with van der Waals surface area (Å²) in [5.41, 5.74) is 0.914. The number of fused-ring (bicyclic) bond motifs is 1. The summed E-state index contributed by atoms with van der Waals surface area (Å²) in [5.74, 6) is 1.72. The Labute approximate surface area is 138 Å². The van der Waals surface area contributed by atoms with Crippen LogP contribution in [-0.4, -0.2) is 67.7 Å². The van der Waals surface area contributed by atoms with E-state index in [4.69, 9.17) is 19.4 Å². The molecule has 2 aliphatic heterocycles. The zero-order chi connectivity index (χ0) is 15.6. The summed E-state index contributed by atoms with van der Waals surface area (Å²) in [6, 6.07) is 1.97. The first kappa shape index (κ1) is 15.1. The smallest absolute Gasteiger partial charge is 0.228 e. The SMILES string of the molecule is OCc1cc2nc(N3CCOCC3)nc(N3CCOCC3)c2s1. The molecule has 2 aliphatic rings. The number of aliphatic hydroxyl groups is 1. The minimum Gasteiger partial charge on any atom is -0.391 e. The van der Waals surface area contributed by atoms with E-state index in [1.54, 1.807) is 11.3 Å². The number of hydrogen-bond donors (Lipinski definition) is 1. The van der Waals surface area contributed by atoms with Gasteiger partial charge in [0.05, 0.1) is 43.3 Å². The summed E-state index contributed by atoms with van der Waals surface area (Å²) in [6.45, 7) is 6.18. The van der Waals surface area contributed by atoms with Crippen LogP contribution in [0.25, 0.3) is 10.2 Å². The van der Waals surface area contributed by atoms with E-state index >= 15 is 0 Å². The molecule has 4 rings (SSSR count). The zero-order valence-corrected chi connectivity index (χ0v) is 13.7. The fourth-order valence-electron chi connectivity index (χ4n) is 2.92. The zero-order valence-electron chi connectivity index (χ0n) is 12.9. The molecule has 0 saturated carbocycles. The Kier molecular flexibility index (Phi) is 4.30. The third kappa shape index (κ3) is 2.99. The van der Waals surface area contributed by atoms with Crippen LogP contribution in [0.15, 0.2) is 6.07 Å². The lowest BCUT2D eigenvalue weighted by Crippen LogP contribution is -2.39. The minimum absolute atomic E-state index is 0.0382. The van der Waals surface area contributed by atoms with Crippen LogP contribution in [0.3, 0.4) is 0 Å². The van der Waals surface area contributed by atoms with Gasteiger partial charge < -0.3 is 24.4 Å². The number of nitrogens with zero attached hydrogens (tertiary/aromatic N) is 4. The van der Waals surface area contributed by atoms with Crippen molar-refractivity contribution in [3.05, 3.63) is 10.9 Å². The highest BCUT2D eigenvalue weighted by Crippen LogP contribution is 2.34. The van der Waals surface area contributed by atoms with E-state index in [1.807, 2.05) is 6.07 Å². The summed E-state index contributed by atoms with van der Waals surface area (Å²) in [5, 5.41) is 9.46. The number of morpholine rings is 2. The molecular formula is C15H20N4O3S. The first-order chi connectivity index (χ1) is 11.3. The molecule has 4 heterocycles. The predicted molar refractivity (Wildman–Crippen MR) is 89.4 cm³/mol. The number of rotatable bonds is 3. The van der Waals surface area contributed by atoms with E-state index in [9.17, 15) is 5.11 Å². The first-order valence-electron chi connectivity index (χ1n) is 7.92. The largest absolute Gasteiger partial charge is 0.391 e. The van der Waals surface area contributed by atoms with Gasteiger partial charge >= 0.3 is 0 Å². The summed E-state index contributed by atoms with van der Waals surface area (Å²) in [6.07, 6.45) is 0. The van der Waals surface area contributed by atoms with E-state index in [0.717, 1.165) is 66.3 Å². The molecule has 2 fully saturated rings. The van der Waals surface area contributed by atoms with Crippen LogP contribution in [0.4, 0.5) is 11.8 Å². The lowest BCUT2D eigenvalue weighted by atomic mass is 10.3. The topological polar surface area (TPSA) is 71.0 Å². The number of thiophene rings is 1. The Balaban J connectivity index is 1.78. The van der Waals surface area contributed by atoms with Gasteiger partial charge in [0, 0.05) is 31.1 Å². The van der Waals surface area contributed by atoms with Crippen LogP contribution in [0.5, 0.6) is 0 Å². The third-order valence-corrected chi connectivity index (χ3v) is 5.26. The minimum atomic E-state index is 0.0382. The number of aromatic nitrogens is 2. The van der Waals surface area contributed by atoms with Crippen LogP contribution in [0.2, 0.25) is 0 Å². The van der Waals surface area contributed by atoms with E-state index in [-0.39, 0.29) is 6.61 Å². The molecule has 2 saturated heterocycles. The van der Waals surface area contributed by atoms with Crippen molar-refractivity contribution in [3.8, 4) is 0 Å². The van der Waals surface area contributed by atoms with Crippen LogP contribution in [-0.2, 0) is 16.1 Å². The normalized spacial score (nSPS) is 19.5. The molecule has 0 unspecified atom stereocenters. The Morgan fingerprint density at radius 3 is 2.30 bits per heavy atom. The molecule has 0 aromatic carbocycles. The van der Waals surface area contributed by atoms with Crippen molar-refractivity contribution in [2.75, 3.05) is 62.4 Å². The van der Waals surface area contributed by atoms with Gasteiger partial charge in [0.1, 0.15) is 0 Å². The lowest BCUT2D eigenvalue weighted by molar-refractivity contribution is 0.121. The highest BCUT2D eigenvalue weighted by molar-refractivity contribution is 7.19. The second-order valence-corrected chi connectivity index (χ2v) is 6.77. The van der Waals surface area contributed by atoms with Crippen molar-refractivity contribution < 1.29 is 14.6 Å². The average Bonchev–Trinajstić information content (AvgIpc) is 3.05.